The predicted octanol–water partition coefficient (Wildman–Crippen LogP) is 6.09. The average Bonchev–Trinajstić information content (AvgIpc) is 2.60. The molecule has 2 nitrogen and oxygen atoms in total. The van der Waals surface area contributed by atoms with Gasteiger partial charge < -0.3 is 10.4 Å². The molecule has 6 heteroatoms. The largest absolute Gasteiger partial charge is 0.503 e. The Labute approximate surface area is 153 Å². The first-order valence-corrected chi connectivity index (χ1v) is 8.66. The number of aromatic hydroxyl groups is 1. The Kier molecular flexibility index (Phi) is 5.46. The van der Waals surface area contributed by atoms with Gasteiger partial charge in [0.15, 0.2) is 17.4 Å². The molecule has 3 rings (SSSR count). The summed E-state index contributed by atoms with van der Waals surface area (Å²) in [5.41, 5.74) is 1.21. The SMILES string of the molecule is Oc1c(F)cc(NCc2ccccc2Sc2ccccc2Cl)cc1F. The Morgan fingerprint density at radius 3 is 2.20 bits per heavy atom. The fourth-order valence-electron chi connectivity index (χ4n) is 2.26. The number of hydrogen-bond donors (Lipinski definition) is 2. The Morgan fingerprint density at radius 1 is 0.920 bits per heavy atom. The van der Waals surface area contributed by atoms with Crippen molar-refractivity contribution < 1.29 is 13.9 Å². The van der Waals surface area contributed by atoms with Crippen LogP contribution in [0.1, 0.15) is 5.56 Å². The maximum Gasteiger partial charge on any atom is 0.187 e. The molecule has 0 heterocycles. The lowest BCUT2D eigenvalue weighted by Gasteiger charge is -2.12. The van der Waals surface area contributed by atoms with Gasteiger partial charge in [-0.3, -0.25) is 0 Å². The fraction of sp³-hybridized carbons (Fsp3) is 0.0526. The fourth-order valence-corrected chi connectivity index (χ4v) is 3.48. The van der Waals surface area contributed by atoms with Crippen LogP contribution in [0.2, 0.25) is 5.02 Å². The quantitative estimate of drug-likeness (QED) is 0.528. The van der Waals surface area contributed by atoms with Crippen molar-refractivity contribution in [1.82, 2.24) is 0 Å². The molecule has 128 valence electrons. The van der Waals surface area contributed by atoms with Crippen LogP contribution in [0.25, 0.3) is 0 Å². The standard InChI is InChI=1S/C19H14ClF2NOS/c20-14-6-2-4-8-18(14)25-17-7-3-1-5-12(17)11-23-13-9-15(21)19(24)16(22)10-13/h1-10,23-24H,11H2. The van der Waals surface area contributed by atoms with Crippen molar-refractivity contribution in [3.8, 4) is 5.75 Å². The number of anilines is 1. The van der Waals surface area contributed by atoms with Crippen LogP contribution in [0.4, 0.5) is 14.5 Å². The summed E-state index contributed by atoms with van der Waals surface area (Å²) in [6.45, 7) is 0.372. The van der Waals surface area contributed by atoms with Gasteiger partial charge in [-0.15, -0.1) is 0 Å². The van der Waals surface area contributed by atoms with Crippen molar-refractivity contribution in [3.05, 3.63) is 82.9 Å². The van der Waals surface area contributed by atoms with Crippen molar-refractivity contribution in [2.45, 2.75) is 16.3 Å². The van der Waals surface area contributed by atoms with Gasteiger partial charge in [0.05, 0.1) is 5.02 Å². The minimum Gasteiger partial charge on any atom is -0.503 e. The molecule has 0 aliphatic heterocycles. The van der Waals surface area contributed by atoms with Crippen LogP contribution in [0.5, 0.6) is 5.75 Å². The number of rotatable bonds is 5. The summed E-state index contributed by atoms with van der Waals surface area (Å²) in [4.78, 5) is 1.92. The molecule has 0 aliphatic carbocycles. The smallest absolute Gasteiger partial charge is 0.187 e. The van der Waals surface area contributed by atoms with E-state index in [1.807, 2.05) is 48.5 Å². The molecule has 0 radical (unpaired) electrons. The van der Waals surface area contributed by atoms with Crippen LogP contribution in [0.3, 0.4) is 0 Å². The summed E-state index contributed by atoms with van der Waals surface area (Å²) >= 11 is 7.73. The van der Waals surface area contributed by atoms with Gasteiger partial charge in [0, 0.05) is 34.2 Å². The third-order valence-electron chi connectivity index (χ3n) is 3.53. The monoisotopic (exact) mass is 377 g/mol. The second kappa shape index (κ2) is 7.76. The van der Waals surface area contributed by atoms with Gasteiger partial charge in [0.25, 0.3) is 0 Å². The maximum absolute atomic E-state index is 13.4. The molecule has 0 aliphatic rings. The van der Waals surface area contributed by atoms with E-state index in [0.717, 1.165) is 27.5 Å². The molecular formula is C19H14ClF2NOS. The van der Waals surface area contributed by atoms with Gasteiger partial charge in [0.2, 0.25) is 0 Å². The average molecular weight is 378 g/mol. The summed E-state index contributed by atoms with van der Waals surface area (Å²) < 4.78 is 26.9. The highest BCUT2D eigenvalue weighted by Crippen LogP contribution is 2.35. The van der Waals surface area contributed by atoms with Crippen LogP contribution in [0.15, 0.2) is 70.5 Å². The summed E-state index contributed by atoms with van der Waals surface area (Å²) in [6, 6.07) is 17.4. The van der Waals surface area contributed by atoms with Gasteiger partial charge in [-0.25, -0.2) is 8.78 Å². The number of phenolic OH excluding ortho intramolecular Hbond substituents is 1. The van der Waals surface area contributed by atoms with E-state index >= 15 is 0 Å². The lowest BCUT2D eigenvalue weighted by Crippen LogP contribution is -2.02. The van der Waals surface area contributed by atoms with Crippen molar-refractivity contribution in [2.75, 3.05) is 5.32 Å². The molecular weight excluding hydrogens is 364 g/mol. The number of hydrogen-bond acceptors (Lipinski definition) is 3. The topological polar surface area (TPSA) is 32.3 Å². The molecule has 0 bridgehead atoms. The molecule has 0 spiro atoms. The van der Waals surface area contributed by atoms with E-state index in [1.54, 1.807) is 0 Å². The first kappa shape index (κ1) is 17.6. The van der Waals surface area contributed by atoms with Crippen molar-refractivity contribution >= 4 is 29.1 Å². The van der Waals surface area contributed by atoms with E-state index in [0.29, 0.717) is 11.6 Å². The number of nitrogens with one attached hydrogen (secondary N) is 1. The second-order valence-corrected chi connectivity index (χ2v) is 6.77. The number of halogens is 3. The van der Waals surface area contributed by atoms with E-state index in [4.69, 9.17) is 16.7 Å². The normalized spacial score (nSPS) is 10.7. The Bertz CT molecular complexity index is 881. The highest BCUT2D eigenvalue weighted by molar-refractivity contribution is 7.99. The van der Waals surface area contributed by atoms with Gasteiger partial charge in [-0.2, -0.15) is 0 Å². The molecule has 0 fully saturated rings. The van der Waals surface area contributed by atoms with Gasteiger partial charge in [0.1, 0.15) is 0 Å². The molecule has 0 saturated heterocycles. The van der Waals surface area contributed by atoms with Crippen LogP contribution < -0.4 is 5.32 Å². The molecule has 25 heavy (non-hydrogen) atoms. The summed E-state index contributed by atoms with van der Waals surface area (Å²) in [6.07, 6.45) is 0. The van der Waals surface area contributed by atoms with Crippen LogP contribution in [-0.2, 0) is 6.54 Å². The van der Waals surface area contributed by atoms with Gasteiger partial charge >= 0.3 is 0 Å². The summed E-state index contributed by atoms with van der Waals surface area (Å²) in [5, 5.41) is 12.8. The highest BCUT2D eigenvalue weighted by Gasteiger charge is 2.11. The number of benzene rings is 3. The first-order valence-electron chi connectivity index (χ1n) is 7.47. The van der Waals surface area contributed by atoms with E-state index in [9.17, 15) is 8.78 Å². The Balaban J connectivity index is 1.79. The van der Waals surface area contributed by atoms with E-state index in [1.165, 1.54) is 11.8 Å². The molecule has 2 N–H and O–H groups in total. The lowest BCUT2D eigenvalue weighted by atomic mass is 10.2. The third kappa shape index (κ3) is 4.24. The first-order chi connectivity index (χ1) is 12.0. The van der Waals surface area contributed by atoms with E-state index in [-0.39, 0.29) is 5.69 Å². The van der Waals surface area contributed by atoms with Crippen molar-refractivity contribution in [1.29, 1.82) is 0 Å². The van der Waals surface area contributed by atoms with Crippen molar-refractivity contribution in [3.63, 3.8) is 0 Å². The summed E-state index contributed by atoms with van der Waals surface area (Å²) in [5.74, 6) is -2.97. The van der Waals surface area contributed by atoms with Gasteiger partial charge in [-0.1, -0.05) is 53.7 Å². The molecule has 3 aromatic rings. The number of phenols is 1. The highest BCUT2D eigenvalue weighted by atomic mass is 35.5. The molecule has 0 saturated carbocycles. The minimum absolute atomic E-state index is 0.255. The molecule has 0 unspecified atom stereocenters. The zero-order valence-corrected chi connectivity index (χ0v) is 14.5. The van der Waals surface area contributed by atoms with Crippen molar-refractivity contribution in [2.24, 2.45) is 0 Å². The predicted molar refractivity (Wildman–Crippen MR) is 97.4 cm³/mol. The molecule has 0 aromatic heterocycles. The Morgan fingerprint density at radius 2 is 1.52 bits per heavy atom. The van der Waals surface area contributed by atoms with Crippen LogP contribution in [-0.4, -0.2) is 5.11 Å². The van der Waals surface area contributed by atoms with Gasteiger partial charge in [-0.05, 0) is 23.8 Å². The molecule has 0 atom stereocenters. The minimum atomic E-state index is -0.999. The lowest BCUT2D eigenvalue weighted by molar-refractivity contribution is 0.396. The van der Waals surface area contributed by atoms with Crippen LogP contribution >= 0.6 is 23.4 Å². The third-order valence-corrected chi connectivity index (χ3v) is 5.16. The van der Waals surface area contributed by atoms with E-state index in [2.05, 4.69) is 5.32 Å². The zero-order chi connectivity index (χ0) is 17.8. The van der Waals surface area contributed by atoms with E-state index < -0.39 is 17.4 Å². The molecule has 3 aromatic carbocycles. The zero-order valence-electron chi connectivity index (χ0n) is 13.0. The maximum atomic E-state index is 13.4. The summed E-state index contributed by atoms with van der Waals surface area (Å²) in [7, 11) is 0. The molecule has 0 amide bonds. The second-order valence-electron chi connectivity index (χ2n) is 5.28. The Hall–Kier alpha value is -2.24. The van der Waals surface area contributed by atoms with Crippen LogP contribution in [0, 0.1) is 11.6 Å².